The third-order valence-electron chi connectivity index (χ3n) is 9.27. The van der Waals surface area contributed by atoms with E-state index in [-0.39, 0.29) is 0 Å². The van der Waals surface area contributed by atoms with Gasteiger partial charge in [0.15, 0.2) is 0 Å². The van der Waals surface area contributed by atoms with E-state index in [1.807, 2.05) is 0 Å². The summed E-state index contributed by atoms with van der Waals surface area (Å²) >= 11 is 0. The van der Waals surface area contributed by atoms with Gasteiger partial charge in [0.25, 0.3) is 0 Å². The second-order valence-corrected chi connectivity index (χ2v) is 12.1. The van der Waals surface area contributed by atoms with Gasteiger partial charge in [0.05, 0.1) is 0 Å². The van der Waals surface area contributed by atoms with Crippen molar-refractivity contribution in [3.63, 3.8) is 0 Å². The van der Waals surface area contributed by atoms with Crippen molar-refractivity contribution in [3.8, 4) is 33.4 Å². The van der Waals surface area contributed by atoms with Crippen LogP contribution in [0.1, 0.15) is 0 Å². The summed E-state index contributed by atoms with van der Waals surface area (Å²) in [6.45, 7) is 0. The van der Waals surface area contributed by atoms with Crippen LogP contribution >= 0.6 is 0 Å². The zero-order chi connectivity index (χ0) is 31.9. The molecule has 0 saturated carbocycles. The van der Waals surface area contributed by atoms with Crippen molar-refractivity contribution in [2.24, 2.45) is 0 Å². The van der Waals surface area contributed by atoms with Crippen LogP contribution in [-0.4, -0.2) is 0 Å². The lowest BCUT2D eigenvalue weighted by atomic mass is 9.94. The molecule has 0 aliphatic heterocycles. The summed E-state index contributed by atoms with van der Waals surface area (Å²) in [6.07, 6.45) is 0. The first kappa shape index (κ1) is 27.9. The Balaban J connectivity index is 1.14. The number of hydrogen-bond acceptors (Lipinski definition) is 2. The zero-order valence-corrected chi connectivity index (χ0v) is 26.3. The molecule has 226 valence electrons. The molecule has 9 aromatic rings. The van der Waals surface area contributed by atoms with Gasteiger partial charge in [-0.2, -0.15) is 0 Å². The van der Waals surface area contributed by atoms with E-state index in [4.69, 9.17) is 4.42 Å². The smallest absolute Gasteiger partial charge is 0.143 e. The average molecular weight is 614 g/mol. The van der Waals surface area contributed by atoms with Gasteiger partial charge in [-0.15, -0.1) is 0 Å². The first-order chi connectivity index (χ1) is 23.8. The molecule has 0 unspecified atom stereocenters. The first-order valence-corrected chi connectivity index (χ1v) is 16.4. The van der Waals surface area contributed by atoms with Gasteiger partial charge >= 0.3 is 0 Å². The minimum Gasteiger partial charge on any atom is -0.455 e. The molecule has 0 bridgehead atoms. The van der Waals surface area contributed by atoms with Crippen molar-refractivity contribution in [3.05, 3.63) is 188 Å². The van der Waals surface area contributed by atoms with Crippen LogP contribution in [0.25, 0.3) is 66.1 Å². The molecule has 0 amide bonds. The lowest BCUT2D eigenvalue weighted by Gasteiger charge is -2.26. The molecule has 8 aromatic carbocycles. The maximum absolute atomic E-state index is 6.76. The van der Waals surface area contributed by atoms with Crippen LogP contribution in [0, 0.1) is 0 Å². The number of anilines is 3. The van der Waals surface area contributed by atoms with Crippen molar-refractivity contribution < 1.29 is 4.42 Å². The highest BCUT2D eigenvalue weighted by Gasteiger charge is 2.18. The summed E-state index contributed by atoms with van der Waals surface area (Å²) in [5.41, 5.74) is 12.1. The van der Waals surface area contributed by atoms with E-state index in [9.17, 15) is 0 Å². The van der Waals surface area contributed by atoms with E-state index in [1.54, 1.807) is 0 Å². The predicted octanol–water partition coefficient (Wildman–Crippen LogP) is 13.2. The molecule has 2 nitrogen and oxygen atoms in total. The van der Waals surface area contributed by atoms with E-state index < -0.39 is 0 Å². The van der Waals surface area contributed by atoms with Gasteiger partial charge < -0.3 is 9.32 Å². The van der Waals surface area contributed by atoms with E-state index in [2.05, 4.69) is 193 Å². The fraction of sp³-hybridized carbons (Fsp3) is 0. The highest BCUT2D eigenvalue weighted by molar-refractivity contribution is 6.23. The maximum atomic E-state index is 6.76. The first-order valence-electron chi connectivity index (χ1n) is 16.4. The second kappa shape index (κ2) is 11.8. The minimum absolute atomic E-state index is 0.904. The number of rotatable bonds is 6. The Morgan fingerprint density at radius 2 is 0.812 bits per heavy atom. The van der Waals surface area contributed by atoms with Gasteiger partial charge in [-0.25, -0.2) is 0 Å². The molecule has 0 saturated heterocycles. The number of furan rings is 1. The Labute approximate surface area is 279 Å². The Morgan fingerprint density at radius 1 is 0.333 bits per heavy atom. The fourth-order valence-electron chi connectivity index (χ4n) is 6.99. The largest absolute Gasteiger partial charge is 0.455 e. The SMILES string of the molecule is c1ccc(-c2ccc(N(c3ccccc3)c3ccc(-c4cccc5c4oc4cc(-c6ccccc6)c6ccccc6c45)cc3)cc2)cc1. The van der Waals surface area contributed by atoms with Crippen molar-refractivity contribution in [1.82, 2.24) is 0 Å². The van der Waals surface area contributed by atoms with Gasteiger partial charge in [-0.05, 0) is 81.1 Å². The molecule has 0 radical (unpaired) electrons. The molecular formula is C46H31NO. The average Bonchev–Trinajstić information content (AvgIpc) is 3.56. The molecule has 9 rings (SSSR count). The highest BCUT2D eigenvalue weighted by Crippen LogP contribution is 2.43. The molecule has 1 heterocycles. The third kappa shape index (κ3) is 4.83. The molecule has 0 atom stereocenters. The zero-order valence-electron chi connectivity index (χ0n) is 26.3. The van der Waals surface area contributed by atoms with E-state index >= 15 is 0 Å². The summed E-state index contributed by atoms with van der Waals surface area (Å²) in [4.78, 5) is 2.30. The Kier molecular flexibility index (Phi) is 6.84. The number of fused-ring (bicyclic) bond motifs is 5. The van der Waals surface area contributed by atoms with Crippen LogP contribution in [0.2, 0.25) is 0 Å². The number of benzene rings is 8. The third-order valence-corrected chi connectivity index (χ3v) is 9.27. The van der Waals surface area contributed by atoms with Gasteiger partial charge in [-0.1, -0.05) is 146 Å². The summed E-state index contributed by atoms with van der Waals surface area (Å²) in [5.74, 6) is 0. The van der Waals surface area contributed by atoms with Crippen LogP contribution in [-0.2, 0) is 0 Å². The quantitative estimate of drug-likeness (QED) is 0.185. The molecule has 0 fully saturated rings. The van der Waals surface area contributed by atoms with Crippen LogP contribution in [0.3, 0.4) is 0 Å². The lowest BCUT2D eigenvalue weighted by Crippen LogP contribution is -2.09. The molecule has 0 spiro atoms. The Morgan fingerprint density at radius 3 is 1.48 bits per heavy atom. The lowest BCUT2D eigenvalue weighted by molar-refractivity contribution is 0.670. The van der Waals surface area contributed by atoms with Crippen molar-refractivity contribution in [2.75, 3.05) is 4.90 Å². The highest BCUT2D eigenvalue weighted by atomic mass is 16.3. The Hall–Kier alpha value is -6.38. The van der Waals surface area contributed by atoms with Crippen LogP contribution < -0.4 is 4.90 Å². The topological polar surface area (TPSA) is 16.4 Å². The van der Waals surface area contributed by atoms with Crippen LogP contribution in [0.15, 0.2) is 192 Å². The van der Waals surface area contributed by atoms with Gasteiger partial charge in [0.2, 0.25) is 0 Å². The van der Waals surface area contributed by atoms with E-state index in [1.165, 1.54) is 33.0 Å². The predicted molar refractivity (Wildman–Crippen MR) is 202 cm³/mol. The number of nitrogens with zero attached hydrogens (tertiary/aromatic N) is 1. The summed E-state index contributed by atoms with van der Waals surface area (Å²) < 4.78 is 6.76. The second-order valence-electron chi connectivity index (χ2n) is 12.1. The maximum Gasteiger partial charge on any atom is 0.143 e. The standard InChI is InChI=1S/C46H31NO/c1-4-13-32(14-5-1)33-23-27-37(28-24-33)47(36-17-8-3-9-18-36)38-29-25-35(26-30-38)39-21-12-22-42-45-41-20-11-10-19-40(41)43(31-44(45)48-46(39)42)34-15-6-2-7-16-34/h1-31H. The summed E-state index contributed by atoms with van der Waals surface area (Å²) in [7, 11) is 0. The fourth-order valence-corrected chi connectivity index (χ4v) is 6.99. The normalized spacial score (nSPS) is 11.3. The van der Waals surface area contributed by atoms with Crippen molar-refractivity contribution >= 4 is 49.8 Å². The van der Waals surface area contributed by atoms with E-state index in [0.717, 1.165) is 50.1 Å². The van der Waals surface area contributed by atoms with Crippen molar-refractivity contribution in [2.45, 2.75) is 0 Å². The molecule has 1 aromatic heterocycles. The van der Waals surface area contributed by atoms with Crippen molar-refractivity contribution in [1.29, 1.82) is 0 Å². The van der Waals surface area contributed by atoms with E-state index in [0.29, 0.717) is 0 Å². The van der Waals surface area contributed by atoms with Gasteiger partial charge in [0.1, 0.15) is 11.2 Å². The summed E-state index contributed by atoms with van der Waals surface area (Å²) in [6, 6.07) is 66.6. The minimum atomic E-state index is 0.904. The molecular weight excluding hydrogens is 583 g/mol. The van der Waals surface area contributed by atoms with Gasteiger partial charge in [0, 0.05) is 33.4 Å². The van der Waals surface area contributed by atoms with Gasteiger partial charge in [-0.3, -0.25) is 0 Å². The van der Waals surface area contributed by atoms with Crippen LogP contribution in [0.5, 0.6) is 0 Å². The Bertz CT molecular complexity index is 2520. The molecule has 0 aliphatic rings. The van der Waals surface area contributed by atoms with Crippen LogP contribution in [0.4, 0.5) is 17.1 Å². The summed E-state index contributed by atoms with van der Waals surface area (Å²) in [5, 5.41) is 4.73. The number of hydrogen-bond donors (Lipinski definition) is 0. The molecule has 0 aliphatic carbocycles. The molecule has 2 heteroatoms. The molecule has 48 heavy (non-hydrogen) atoms. The molecule has 0 N–H and O–H groups in total. The number of para-hydroxylation sites is 2. The monoisotopic (exact) mass is 613 g/mol.